The molecule has 108 valence electrons. The number of H-pyrrole nitrogens is 1. The molecule has 6 heteroatoms. The molecule has 3 rings (SSSR count). The highest BCUT2D eigenvalue weighted by Gasteiger charge is 2.29. The summed E-state index contributed by atoms with van der Waals surface area (Å²) in [5, 5.41) is 11.9. The maximum absolute atomic E-state index is 12.4. The topological polar surface area (TPSA) is 82.2 Å². The zero-order valence-electron chi connectivity index (χ0n) is 11.3. The van der Waals surface area contributed by atoms with E-state index < -0.39 is 5.97 Å². The zero-order chi connectivity index (χ0) is 15.0. The van der Waals surface area contributed by atoms with Crippen LogP contribution in [0.25, 0.3) is 0 Å². The van der Waals surface area contributed by atoms with E-state index in [4.69, 9.17) is 5.11 Å². The number of carbonyl (C=O) groups excluding carboxylic acids is 1. The number of amides is 1. The Morgan fingerprint density at radius 1 is 1.38 bits per heavy atom. The molecule has 1 aliphatic heterocycles. The van der Waals surface area contributed by atoms with Crippen LogP contribution in [-0.4, -0.2) is 27.7 Å². The number of nitrogens with one attached hydrogen (secondary N) is 2. The second-order valence-corrected chi connectivity index (χ2v) is 6.00. The molecule has 5 nitrogen and oxygen atoms in total. The van der Waals surface area contributed by atoms with Gasteiger partial charge in [-0.3, -0.25) is 4.79 Å². The fraction of sp³-hybridized carbons (Fsp3) is 0.200. The fourth-order valence-corrected chi connectivity index (χ4v) is 3.68. The first-order chi connectivity index (χ1) is 10.1. The number of aromatic amines is 1. The zero-order valence-corrected chi connectivity index (χ0v) is 12.2. The van der Waals surface area contributed by atoms with Gasteiger partial charge >= 0.3 is 5.97 Å². The maximum atomic E-state index is 12.4. The van der Waals surface area contributed by atoms with Crippen LogP contribution in [0.1, 0.15) is 27.7 Å². The van der Waals surface area contributed by atoms with Crippen LogP contribution >= 0.6 is 11.8 Å². The number of hydrogen-bond donors (Lipinski definition) is 3. The Kier molecular flexibility index (Phi) is 3.47. The quantitative estimate of drug-likeness (QED) is 0.814. The van der Waals surface area contributed by atoms with Gasteiger partial charge in [-0.15, -0.1) is 11.8 Å². The van der Waals surface area contributed by atoms with Crippen LogP contribution in [0.4, 0.5) is 5.69 Å². The first kappa shape index (κ1) is 13.8. The van der Waals surface area contributed by atoms with Crippen molar-refractivity contribution in [2.24, 2.45) is 0 Å². The summed E-state index contributed by atoms with van der Waals surface area (Å²) in [6.45, 7) is 1.75. The van der Waals surface area contributed by atoms with E-state index in [2.05, 4.69) is 10.3 Å². The average Bonchev–Trinajstić information content (AvgIpc) is 3.02. The molecule has 21 heavy (non-hydrogen) atoms. The van der Waals surface area contributed by atoms with Crippen LogP contribution in [0.15, 0.2) is 35.2 Å². The van der Waals surface area contributed by atoms with Crippen molar-refractivity contribution in [3.8, 4) is 0 Å². The third-order valence-corrected chi connectivity index (χ3v) is 4.62. The summed E-state index contributed by atoms with van der Waals surface area (Å²) in [6.07, 6.45) is 0. The minimum Gasteiger partial charge on any atom is -0.477 e. The number of benzene rings is 1. The van der Waals surface area contributed by atoms with Crippen LogP contribution < -0.4 is 5.32 Å². The van der Waals surface area contributed by atoms with Gasteiger partial charge in [-0.25, -0.2) is 4.79 Å². The van der Waals surface area contributed by atoms with Gasteiger partial charge in [0.05, 0.1) is 11.6 Å². The van der Waals surface area contributed by atoms with E-state index in [1.165, 1.54) is 0 Å². The molecule has 1 aromatic heterocycles. The van der Waals surface area contributed by atoms with Crippen LogP contribution in [0.5, 0.6) is 0 Å². The summed E-state index contributed by atoms with van der Waals surface area (Å²) in [5.74, 6) is -0.826. The first-order valence-electron chi connectivity index (χ1n) is 6.51. The highest BCUT2D eigenvalue weighted by Crippen LogP contribution is 2.39. The lowest BCUT2D eigenvalue weighted by atomic mass is 10.0. The van der Waals surface area contributed by atoms with E-state index in [1.807, 2.05) is 24.3 Å². The van der Waals surface area contributed by atoms with E-state index in [0.717, 1.165) is 10.5 Å². The van der Waals surface area contributed by atoms with Gasteiger partial charge in [0.25, 0.3) is 0 Å². The van der Waals surface area contributed by atoms with Crippen molar-refractivity contribution in [1.29, 1.82) is 0 Å². The SMILES string of the molecule is Cc1cc(NC(=O)C2CSc3ccccc32)c(C(=O)O)[nH]1. The van der Waals surface area contributed by atoms with E-state index in [0.29, 0.717) is 17.1 Å². The molecule has 3 N–H and O–H groups in total. The Morgan fingerprint density at radius 3 is 2.90 bits per heavy atom. The molecular weight excluding hydrogens is 288 g/mol. The number of hydrogen-bond acceptors (Lipinski definition) is 3. The van der Waals surface area contributed by atoms with Crippen molar-refractivity contribution in [1.82, 2.24) is 4.98 Å². The second kappa shape index (κ2) is 5.29. The molecule has 1 atom stereocenters. The number of carboxylic acids is 1. The third-order valence-electron chi connectivity index (χ3n) is 3.44. The molecule has 2 aromatic rings. The highest BCUT2D eigenvalue weighted by atomic mass is 32.2. The average molecular weight is 302 g/mol. The summed E-state index contributed by atoms with van der Waals surface area (Å²) < 4.78 is 0. The van der Waals surface area contributed by atoms with Gasteiger partial charge in [-0.1, -0.05) is 18.2 Å². The van der Waals surface area contributed by atoms with Crippen LogP contribution in [-0.2, 0) is 4.79 Å². The standard InChI is InChI=1S/C15H14N2O3S/c1-8-6-11(13(16-8)15(19)20)17-14(18)10-7-21-12-5-3-2-4-9(10)12/h2-6,10,16H,7H2,1H3,(H,17,18)(H,19,20). The Bertz CT molecular complexity index is 723. The Hall–Kier alpha value is -2.21. The van der Waals surface area contributed by atoms with Gasteiger partial charge in [-0.05, 0) is 24.6 Å². The number of aromatic nitrogens is 1. The van der Waals surface area contributed by atoms with Gasteiger partial charge in [0.1, 0.15) is 5.69 Å². The van der Waals surface area contributed by atoms with Crippen LogP contribution in [0.3, 0.4) is 0 Å². The number of anilines is 1. The molecule has 0 radical (unpaired) electrons. The van der Waals surface area contributed by atoms with Crippen molar-refractivity contribution in [3.63, 3.8) is 0 Å². The lowest BCUT2D eigenvalue weighted by Crippen LogP contribution is -2.22. The van der Waals surface area contributed by atoms with Crippen LogP contribution in [0, 0.1) is 6.92 Å². The number of carbonyl (C=O) groups is 2. The van der Waals surface area contributed by atoms with E-state index in [9.17, 15) is 9.59 Å². The van der Waals surface area contributed by atoms with E-state index >= 15 is 0 Å². The predicted octanol–water partition coefficient (Wildman–Crippen LogP) is 2.85. The Labute approximate surface area is 125 Å². The van der Waals surface area contributed by atoms with Gasteiger partial charge in [0, 0.05) is 16.3 Å². The van der Waals surface area contributed by atoms with E-state index in [1.54, 1.807) is 24.8 Å². The molecular formula is C15H14N2O3S. The molecule has 0 saturated heterocycles. The first-order valence-corrected chi connectivity index (χ1v) is 7.50. The summed E-state index contributed by atoms with van der Waals surface area (Å²) in [6, 6.07) is 9.43. The number of rotatable bonds is 3. The maximum Gasteiger partial charge on any atom is 0.354 e. The Balaban J connectivity index is 1.84. The number of fused-ring (bicyclic) bond motifs is 1. The monoisotopic (exact) mass is 302 g/mol. The minimum atomic E-state index is -1.08. The summed E-state index contributed by atoms with van der Waals surface area (Å²) in [4.78, 5) is 27.4. The number of carboxylic acid groups (broad SMARTS) is 1. The molecule has 1 amide bonds. The molecule has 1 aromatic carbocycles. The normalized spacial score (nSPS) is 16.5. The highest BCUT2D eigenvalue weighted by molar-refractivity contribution is 7.99. The van der Waals surface area contributed by atoms with Crippen molar-refractivity contribution in [2.45, 2.75) is 17.7 Å². The molecule has 0 aliphatic carbocycles. The van der Waals surface area contributed by atoms with Crippen molar-refractivity contribution in [2.75, 3.05) is 11.1 Å². The van der Waals surface area contributed by atoms with Gasteiger partial charge in [0.15, 0.2) is 0 Å². The summed E-state index contributed by atoms with van der Waals surface area (Å²) >= 11 is 1.65. The second-order valence-electron chi connectivity index (χ2n) is 4.94. The van der Waals surface area contributed by atoms with Crippen LogP contribution in [0.2, 0.25) is 0 Å². The fourth-order valence-electron chi connectivity index (χ4n) is 2.46. The number of aryl methyl sites for hydroxylation is 1. The largest absolute Gasteiger partial charge is 0.477 e. The predicted molar refractivity (Wildman–Crippen MR) is 81.0 cm³/mol. The molecule has 1 unspecified atom stereocenters. The smallest absolute Gasteiger partial charge is 0.354 e. The number of thioether (sulfide) groups is 1. The molecule has 2 heterocycles. The molecule has 0 bridgehead atoms. The summed E-state index contributed by atoms with van der Waals surface area (Å²) in [7, 11) is 0. The van der Waals surface area contributed by atoms with Crippen molar-refractivity contribution in [3.05, 3.63) is 47.3 Å². The van der Waals surface area contributed by atoms with Crippen molar-refractivity contribution < 1.29 is 14.7 Å². The van der Waals surface area contributed by atoms with Gasteiger partial charge in [0.2, 0.25) is 5.91 Å². The lowest BCUT2D eigenvalue weighted by Gasteiger charge is -2.11. The third kappa shape index (κ3) is 2.54. The van der Waals surface area contributed by atoms with Crippen molar-refractivity contribution >= 4 is 29.3 Å². The van der Waals surface area contributed by atoms with Gasteiger partial charge < -0.3 is 15.4 Å². The summed E-state index contributed by atoms with van der Waals surface area (Å²) in [5.41, 5.74) is 2.03. The molecule has 0 fully saturated rings. The molecule has 0 saturated carbocycles. The van der Waals surface area contributed by atoms with E-state index in [-0.39, 0.29) is 17.5 Å². The Morgan fingerprint density at radius 2 is 2.14 bits per heavy atom. The number of aromatic carboxylic acids is 1. The lowest BCUT2D eigenvalue weighted by molar-refractivity contribution is -0.117. The molecule has 1 aliphatic rings. The molecule has 0 spiro atoms. The van der Waals surface area contributed by atoms with Gasteiger partial charge in [-0.2, -0.15) is 0 Å². The minimum absolute atomic E-state index is 0.0137.